The molecule has 0 aromatic heterocycles. The Kier molecular flexibility index (Phi) is 4.49. The molecule has 118 valence electrons. The zero-order valence-electron chi connectivity index (χ0n) is 13.2. The summed E-state index contributed by atoms with van der Waals surface area (Å²) in [5.74, 6) is 0.0975. The predicted octanol–water partition coefficient (Wildman–Crippen LogP) is 4.57. The molecule has 0 saturated heterocycles. The highest BCUT2D eigenvalue weighted by Crippen LogP contribution is 2.27. The minimum atomic E-state index is -3.28. The number of rotatable bonds is 4. The maximum Gasteiger partial charge on any atom is 0.182 e. The first kappa shape index (κ1) is 15.8. The van der Waals surface area contributed by atoms with Crippen LogP contribution >= 0.6 is 0 Å². The van der Waals surface area contributed by atoms with Crippen molar-refractivity contribution in [3.8, 4) is 0 Å². The maximum atomic E-state index is 12.6. The Bertz CT molecular complexity index is 842. The second-order valence-corrected chi connectivity index (χ2v) is 7.93. The predicted molar refractivity (Wildman–Crippen MR) is 95.0 cm³/mol. The normalized spacial score (nSPS) is 15.0. The largest absolute Gasteiger partial charge is 0.223 e. The zero-order chi connectivity index (χ0) is 16.3. The summed E-state index contributed by atoms with van der Waals surface area (Å²) in [7, 11) is -3.28. The fourth-order valence-electron chi connectivity index (χ4n) is 2.78. The van der Waals surface area contributed by atoms with E-state index < -0.39 is 9.84 Å². The molecule has 23 heavy (non-hydrogen) atoms. The van der Waals surface area contributed by atoms with Gasteiger partial charge in [-0.15, -0.1) is 0 Å². The Balaban J connectivity index is 1.83. The molecule has 1 aliphatic rings. The molecule has 1 aliphatic carbocycles. The smallest absolute Gasteiger partial charge is 0.182 e. The summed E-state index contributed by atoms with van der Waals surface area (Å²) >= 11 is 0. The van der Waals surface area contributed by atoms with Gasteiger partial charge in [-0.3, -0.25) is 0 Å². The van der Waals surface area contributed by atoms with E-state index in [4.69, 9.17) is 0 Å². The van der Waals surface area contributed by atoms with Crippen molar-refractivity contribution < 1.29 is 8.42 Å². The van der Waals surface area contributed by atoms with E-state index in [1.165, 1.54) is 0 Å². The van der Waals surface area contributed by atoms with Gasteiger partial charge in [-0.25, -0.2) is 8.42 Å². The van der Waals surface area contributed by atoms with Crippen molar-refractivity contribution in [1.29, 1.82) is 0 Å². The molecule has 0 fully saturated rings. The first-order valence-corrected chi connectivity index (χ1v) is 9.44. The molecule has 0 amide bonds. The molecular formula is C20H20O2S. The zero-order valence-corrected chi connectivity index (χ0v) is 14.0. The minimum Gasteiger partial charge on any atom is -0.223 e. The third kappa shape index (κ3) is 3.80. The van der Waals surface area contributed by atoms with Crippen molar-refractivity contribution in [2.24, 2.45) is 0 Å². The summed E-state index contributed by atoms with van der Waals surface area (Å²) < 4.78 is 25.2. The monoisotopic (exact) mass is 324 g/mol. The Labute approximate surface area is 138 Å². The van der Waals surface area contributed by atoms with E-state index in [0.717, 1.165) is 35.1 Å². The number of hydrogen-bond acceptors (Lipinski definition) is 2. The summed E-state index contributed by atoms with van der Waals surface area (Å²) in [5.41, 5.74) is 4.30. The molecule has 2 aromatic rings. The fraction of sp³-hybridized carbons (Fsp3) is 0.200. The molecule has 0 saturated carbocycles. The highest BCUT2D eigenvalue weighted by molar-refractivity contribution is 7.91. The standard InChI is InChI=1S/C20H20O2S/c1-16-10-12-20(13-11-16)23(21,22)15-17-6-5-9-19(14-17)18-7-3-2-4-8-18/h2-4,7-14H,5-6,15H2,1H3. The van der Waals surface area contributed by atoms with Gasteiger partial charge < -0.3 is 0 Å². The van der Waals surface area contributed by atoms with E-state index in [0.29, 0.717) is 4.90 Å². The first-order valence-electron chi connectivity index (χ1n) is 7.79. The molecule has 2 aromatic carbocycles. The van der Waals surface area contributed by atoms with Crippen LogP contribution in [-0.4, -0.2) is 14.2 Å². The number of benzene rings is 2. The topological polar surface area (TPSA) is 34.1 Å². The minimum absolute atomic E-state index is 0.0975. The Morgan fingerprint density at radius 3 is 2.35 bits per heavy atom. The van der Waals surface area contributed by atoms with Crippen LogP contribution in [0.2, 0.25) is 0 Å². The molecule has 0 spiro atoms. The average Bonchev–Trinajstić information content (AvgIpc) is 2.56. The van der Waals surface area contributed by atoms with Crippen LogP contribution in [0, 0.1) is 6.92 Å². The quantitative estimate of drug-likeness (QED) is 0.825. The summed E-state index contributed by atoms with van der Waals surface area (Å²) in [5, 5.41) is 0. The van der Waals surface area contributed by atoms with E-state index in [9.17, 15) is 8.42 Å². The first-order chi connectivity index (χ1) is 11.0. The van der Waals surface area contributed by atoms with E-state index in [1.807, 2.05) is 43.3 Å². The third-order valence-corrected chi connectivity index (χ3v) is 5.79. The average molecular weight is 324 g/mol. The highest BCUT2D eigenvalue weighted by atomic mass is 32.2. The molecule has 0 bridgehead atoms. The highest BCUT2D eigenvalue weighted by Gasteiger charge is 2.18. The molecule has 3 heteroatoms. The van der Waals surface area contributed by atoms with Gasteiger partial charge >= 0.3 is 0 Å². The SMILES string of the molecule is Cc1ccc(S(=O)(=O)CC2=CC(c3ccccc3)=CCC2)cc1. The molecular weight excluding hydrogens is 304 g/mol. The Morgan fingerprint density at radius 2 is 1.65 bits per heavy atom. The van der Waals surface area contributed by atoms with E-state index in [-0.39, 0.29) is 5.75 Å². The van der Waals surface area contributed by atoms with Gasteiger partial charge in [0.1, 0.15) is 0 Å². The second kappa shape index (κ2) is 6.55. The van der Waals surface area contributed by atoms with Gasteiger partial charge in [0, 0.05) is 0 Å². The number of hydrogen-bond donors (Lipinski definition) is 0. The molecule has 0 N–H and O–H groups in total. The van der Waals surface area contributed by atoms with Crippen LogP contribution in [0.4, 0.5) is 0 Å². The van der Waals surface area contributed by atoms with Crippen LogP contribution in [0.5, 0.6) is 0 Å². The van der Waals surface area contributed by atoms with Crippen LogP contribution in [0.25, 0.3) is 5.57 Å². The number of sulfone groups is 1. The summed E-state index contributed by atoms with van der Waals surface area (Å²) in [6.45, 7) is 1.96. The van der Waals surface area contributed by atoms with Crippen LogP contribution in [-0.2, 0) is 9.84 Å². The third-order valence-electron chi connectivity index (χ3n) is 4.05. The van der Waals surface area contributed by atoms with Crippen LogP contribution in [0.15, 0.2) is 77.2 Å². The molecule has 0 heterocycles. The second-order valence-electron chi connectivity index (χ2n) is 5.94. The van der Waals surface area contributed by atoms with E-state index >= 15 is 0 Å². The van der Waals surface area contributed by atoms with Crippen molar-refractivity contribution in [3.05, 3.63) is 83.4 Å². The van der Waals surface area contributed by atoms with Gasteiger partial charge in [0.25, 0.3) is 0 Å². The lowest BCUT2D eigenvalue weighted by atomic mass is 9.95. The number of aryl methyl sites for hydroxylation is 1. The lowest BCUT2D eigenvalue weighted by Crippen LogP contribution is -2.10. The maximum absolute atomic E-state index is 12.6. The fourth-order valence-corrected chi connectivity index (χ4v) is 4.22. The van der Waals surface area contributed by atoms with E-state index in [2.05, 4.69) is 18.2 Å². The summed E-state index contributed by atoms with van der Waals surface area (Å²) in [4.78, 5) is 0.403. The van der Waals surface area contributed by atoms with E-state index in [1.54, 1.807) is 12.1 Å². The number of allylic oxidation sites excluding steroid dienone is 3. The van der Waals surface area contributed by atoms with Crippen LogP contribution < -0.4 is 0 Å². The van der Waals surface area contributed by atoms with Gasteiger partial charge in [0.05, 0.1) is 10.6 Å². The van der Waals surface area contributed by atoms with Crippen molar-refractivity contribution in [2.45, 2.75) is 24.7 Å². The van der Waals surface area contributed by atoms with Crippen molar-refractivity contribution in [2.75, 3.05) is 5.75 Å². The van der Waals surface area contributed by atoms with Gasteiger partial charge in [0.15, 0.2) is 9.84 Å². The van der Waals surface area contributed by atoms with Gasteiger partial charge in [-0.2, -0.15) is 0 Å². The van der Waals surface area contributed by atoms with Crippen LogP contribution in [0.3, 0.4) is 0 Å². The van der Waals surface area contributed by atoms with Crippen molar-refractivity contribution in [3.63, 3.8) is 0 Å². The summed E-state index contributed by atoms with van der Waals surface area (Å²) in [6.07, 6.45) is 5.91. The molecule has 0 unspecified atom stereocenters. The van der Waals surface area contributed by atoms with Crippen molar-refractivity contribution >= 4 is 15.4 Å². The van der Waals surface area contributed by atoms with Gasteiger partial charge in [-0.05, 0) is 43.0 Å². The van der Waals surface area contributed by atoms with Gasteiger partial charge in [0.2, 0.25) is 0 Å². The molecule has 0 aliphatic heterocycles. The van der Waals surface area contributed by atoms with Crippen molar-refractivity contribution in [1.82, 2.24) is 0 Å². The van der Waals surface area contributed by atoms with Gasteiger partial charge in [-0.1, -0.05) is 65.8 Å². The summed E-state index contributed by atoms with van der Waals surface area (Å²) in [6, 6.07) is 17.2. The molecule has 2 nitrogen and oxygen atoms in total. The van der Waals surface area contributed by atoms with Crippen LogP contribution in [0.1, 0.15) is 24.0 Å². The Morgan fingerprint density at radius 1 is 0.957 bits per heavy atom. The Hall–Kier alpha value is -2.13. The lowest BCUT2D eigenvalue weighted by Gasteiger charge is -2.15. The molecule has 0 radical (unpaired) electrons. The molecule has 3 rings (SSSR count). The molecule has 0 atom stereocenters. The lowest BCUT2D eigenvalue weighted by molar-refractivity contribution is 0.597.